The first-order valence-electron chi connectivity index (χ1n) is 9.83. The second-order valence-corrected chi connectivity index (χ2v) is 8.32. The SMILES string of the molecule is CC(=O)Nc1cc(-c2ccc(OCC(C)(N)CC(C)C)c(C(F)(F)F)c2)c(CO)cn1. The molecule has 170 valence electrons. The highest BCUT2D eigenvalue weighted by atomic mass is 19.4. The molecule has 1 amide bonds. The Morgan fingerprint density at radius 3 is 2.52 bits per heavy atom. The number of anilines is 1. The molecular formula is C22H28F3N3O3. The minimum absolute atomic E-state index is 0.0720. The van der Waals surface area contributed by atoms with Gasteiger partial charge in [-0.15, -0.1) is 0 Å². The number of carbonyl (C=O) groups is 1. The Kier molecular flexibility index (Phi) is 7.67. The smallest absolute Gasteiger partial charge is 0.419 e. The number of amides is 1. The third-order valence-electron chi connectivity index (χ3n) is 4.49. The molecule has 1 heterocycles. The van der Waals surface area contributed by atoms with Crippen molar-refractivity contribution in [1.82, 2.24) is 4.98 Å². The van der Waals surface area contributed by atoms with Crippen molar-refractivity contribution in [1.29, 1.82) is 0 Å². The summed E-state index contributed by atoms with van der Waals surface area (Å²) in [5.41, 5.74) is 5.28. The summed E-state index contributed by atoms with van der Waals surface area (Å²) in [5, 5.41) is 12.1. The first-order valence-corrected chi connectivity index (χ1v) is 9.83. The Morgan fingerprint density at radius 1 is 1.29 bits per heavy atom. The van der Waals surface area contributed by atoms with E-state index >= 15 is 0 Å². The normalized spacial score (nSPS) is 13.7. The number of aliphatic hydroxyl groups is 1. The van der Waals surface area contributed by atoms with Crippen molar-refractivity contribution in [2.75, 3.05) is 11.9 Å². The van der Waals surface area contributed by atoms with Crippen LogP contribution in [0.25, 0.3) is 11.1 Å². The first-order chi connectivity index (χ1) is 14.3. The highest BCUT2D eigenvalue weighted by molar-refractivity contribution is 5.88. The van der Waals surface area contributed by atoms with E-state index in [0.29, 0.717) is 17.5 Å². The fourth-order valence-corrected chi connectivity index (χ4v) is 3.41. The molecule has 0 aliphatic heterocycles. The van der Waals surface area contributed by atoms with Crippen LogP contribution in [0.15, 0.2) is 30.5 Å². The summed E-state index contributed by atoms with van der Waals surface area (Å²) < 4.78 is 46.8. The predicted octanol–water partition coefficient (Wildman–Crippen LogP) is 4.36. The maximum absolute atomic E-state index is 13.8. The summed E-state index contributed by atoms with van der Waals surface area (Å²) in [6.07, 6.45) is -2.76. The number of nitrogens with two attached hydrogens (primary N) is 1. The van der Waals surface area contributed by atoms with Crippen LogP contribution in [0.3, 0.4) is 0 Å². The summed E-state index contributed by atoms with van der Waals surface area (Å²) in [6.45, 7) is 6.48. The number of rotatable bonds is 8. The van der Waals surface area contributed by atoms with E-state index in [4.69, 9.17) is 10.5 Å². The predicted molar refractivity (Wildman–Crippen MR) is 112 cm³/mol. The molecule has 6 nitrogen and oxygen atoms in total. The lowest BCUT2D eigenvalue weighted by molar-refractivity contribution is -0.139. The van der Waals surface area contributed by atoms with Gasteiger partial charge in [0.2, 0.25) is 5.91 Å². The van der Waals surface area contributed by atoms with Gasteiger partial charge < -0.3 is 20.9 Å². The lowest BCUT2D eigenvalue weighted by atomic mass is 9.93. The van der Waals surface area contributed by atoms with Crippen molar-refractivity contribution in [3.05, 3.63) is 41.6 Å². The van der Waals surface area contributed by atoms with Crippen molar-refractivity contribution in [3.8, 4) is 16.9 Å². The van der Waals surface area contributed by atoms with E-state index in [2.05, 4.69) is 10.3 Å². The van der Waals surface area contributed by atoms with Crippen LogP contribution in [-0.2, 0) is 17.6 Å². The number of hydrogen-bond acceptors (Lipinski definition) is 5. The van der Waals surface area contributed by atoms with Crippen molar-refractivity contribution in [2.24, 2.45) is 11.7 Å². The molecule has 2 aromatic rings. The van der Waals surface area contributed by atoms with Gasteiger partial charge in [-0.1, -0.05) is 19.9 Å². The molecule has 0 aliphatic rings. The van der Waals surface area contributed by atoms with Crippen LogP contribution in [0, 0.1) is 5.92 Å². The average Bonchev–Trinajstić information content (AvgIpc) is 2.64. The van der Waals surface area contributed by atoms with E-state index < -0.39 is 23.9 Å². The lowest BCUT2D eigenvalue weighted by Crippen LogP contribution is -2.43. The van der Waals surface area contributed by atoms with Crippen molar-refractivity contribution < 1.29 is 27.8 Å². The maximum Gasteiger partial charge on any atom is 0.419 e. The molecule has 1 atom stereocenters. The number of benzene rings is 1. The second-order valence-electron chi connectivity index (χ2n) is 8.32. The van der Waals surface area contributed by atoms with Gasteiger partial charge in [0.15, 0.2) is 0 Å². The molecule has 2 rings (SSSR count). The lowest BCUT2D eigenvalue weighted by Gasteiger charge is -2.27. The van der Waals surface area contributed by atoms with Gasteiger partial charge in [0.1, 0.15) is 18.2 Å². The van der Waals surface area contributed by atoms with Crippen molar-refractivity contribution in [2.45, 2.75) is 52.4 Å². The van der Waals surface area contributed by atoms with Crippen LogP contribution < -0.4 is 15.8 Å². The summed E-state index contributed by atoms with van der Waals surface area (Å²) in [6, 6.07) is 5.08. The zero-order valence-corrected chi connectivity index (χ0v) is 18.0. The molecule has 0 spiro atoms. The number of hydrogen-bond donors (Lipinski definition) is 3. The van der Waals surface area contributed by atoms with E-state index in [9.17, 15) is 23.1 Å². The Labute approximate surface area is 179 Å². The number of alkyl halides is 3. The molecule has 0 aliphatic carbocycles. The van der Waals surface area contributed by atoms with E-state index in [1.54, 1.807) is 6.92 Å². The molecule has 0 radical (unpaired) electrons. The molecule has 31 heavy (non-hydrogen) atoms. The van der Waals surface area contributed by atoms with Gasteiger partial charge in [-0.05, 0) is 48.6 Å². The summed E-state index contributed by atoms with van der Waals surface area (Å²) in [4.78, 5) is 15.3. The van der Waals surface area contributed by atoms with Gasteiger partial charge in [0.25, 0.3) is 0 Å². The number of nitrogens with zero attached hydrogens (tertiary/aromatic N) is 1. The molecule has 1 aromatic carbocycles. The molecule has 0 fully saturated rings. The minimum Gasteiger partial charge on any atom is -0.491 e. The molecule has 0 saturated heterocycles. The van der Waals surface area contributed by atoms with Crippen LogP contribution >= 0.6 is 0 Å². The molecular weight excluding hydrogens is 411 g/mol. The highest BCUT2D eigenvalue weighted by Gasteiger charge is 2.35. The van der Waals surface area contributed by atoms with Gasteiger partial charge in [0, 0.05) is 24.2 Å². The zero-order chi connectivity index (χ0) is 23.4. The largest absolute Gasteiger partial charge is 0.491 e. The van der Waals surface area contributed by atoms with E-state index in [0.717, 1.165) is 6.07 Å². The van der Waals surface area contributed by atoms with E-state index in [1.807, 2.05) is 13.8 Å². The monoisotopic (exact) mass is 439 g/mol. The topological polar surface area (TPSA) is 97.5 Å². The van der Waals surface area contributed by atoms with Crippen LogP contribution in [-0.4, -0.2) is 28.1 Å². The van der Waals surface area contributed by atoms with Gasteiger partial charge in [-0.3, -0.25) is 4.79 Å². The van der Waals surface area contributed by atoms with Gasteiger partial charge in [-0.2, -0.15) is 13.2 Å². The summed E-state index contributed by atoms with van der Waals surface area (Å²) in [5.74, 6) is -0.259. The molecule has 0 bridgehead atoms. The Bertz CT molecular complexity index is 928. The number of ether oxygens (including phenoxy) is 1. The van der Waals surface area contributed by atoms with Crippen LogP contribution in [0.1, 0.15) is 45.2 Å². The number of nitrogens with one attached hydrogen (secondary N) is 1. The van der Waals surface area contributed by atoms with Gasteiger partial charge in [0.05, 0.1) is 12.2 Å². The molecule has 1 aromatic heterocycles. The standard InChI is InChI=1S/C22H28F3N3O3/c1-13(2)9-21(4,26)12-31-19-6-5-15(7-18(19)22(23,24)25)17-8-20(28-14(3)30)27-10-16(17)11-29/h5-8,10,13,29H,9,11-12,26H2,1-4H3,(H,27,28,30). The molecule has 9 heteroatoms. The third kappa shape index (κ3) is 6.93. The third-order valence-corrected chi connectivity index (χ3v) is 4.49. The quantitative estimate of drug-likeness (QED) is 0.568. The van der Waals surface area contributed by atoms with Gasteiger partial charge >= 0.3 is 6.18 Å². The van der Waals surface area contributed by atoms with Gasteiger partial charge in [-0.25, -0.2) is 4.98 Å². The fraction of sp³-hybridized carbons (Fsp3) is 0.455. The second kappa shape index (κ2) is 9.65. The molecule has 4 N–H and O–H groups in total. The molecule has 0 saturated carbocycles. The Hall–Kier alpha value is -2.65. The minimum atomic E-state index is -4.67. The number of halogens is 3. The zero-order valence-electron chi connectivity index (χ0n) is 18.0. The number of pyridine rings is 1. The number of carbonyl (C=O) groups excluding carboxylic acids is 1. The number of aliphatic hydroxyl groups excluding tert-OH is 1. The summed E-state index contributed by atoms with van der Waals surface area (Å²) >= 11 is 0. The number of aromatic nitrogens is 1. The summed E-state index contributed by atoms with van der Waals surface area (Å²) in [7, 11) is 0. The fourth-order valence-electron chi connectivity index (χ4n) is 3.41. The Morgan fingerprint density at radius 2 is 1.97 bits per heavy atom. The highest BCUT2D eigenvalue weighted by Crippen LogP contribution is 2.40. The van der Waals surface area contributed by atoms with Crippen LogP contribution in [0.5, 0.6) is 5.75 Å². The van der Waals surface area contributed by atoms with E-state index in [-0.39, 0.29) is 35.6 Å². The van der Waals surface area contributed by atoms with Crippen molar-refractivity contribution >= 4 is 11.7 Å². The van der Waals surface area contributed by atoms with Crippen LogP contribution in [0.2, 0.25) is 0 Å². The maximum atomic E-state index is 13.8. The van der Waals surface area contributed by atoms with Crippen molar-refractivity contribution in [3.63, 3.8) is 0 Å². The Balaban J connectivity index is 2.45. The molecule has 1 unspecified atom stereocenters. The first kappa shape index (κ1) is 24.6. The van der Waals surface area contributed by atoms with E-state index in [1.165, 1.54) is 31.3 Å². The average molecular weight is 439 g/mol. The van der Waals surface area contributed by atoms with Crippen LogP contribution in [0.4, 0.5) is 19.0 Å².